The first kappa shape index (κ1) is 12.8. The zero-order chi connectivity index (χ0) is 12.7. The number of anilines is 1. The molecule has 1 aromatic rings. The number of nitrogens with two attached hydrogens (primary N) is 1. The Morgan fingerprint density at radius 3 is 3.00 bits per heavy atom. The number of ether oxygens (including phenoxy) is 1. The SMILES string of the molecule is CCOC(=O)c1cc(C=CCC#N)ccc1N. The minimum atomic E-state index is -0.430. The van der Waals surface area contributed by atoms with Gasteiger partial charge in [-0.15, -0.1) is 0 Å². The molecule has 0 saturated carbocycles. The Balaban J connectivity index is 2.94. The van der Waals surface area contributed by atoms with Gasteiger partial charge in [-0.05, 0) is 24.6 Å². The van der Waals surface area contributed by atoms with E-state index < -0.39 is 5.97 Å². The summed E-state index contributed by atoms with van der Waals surface area (Å²) in [5, 5.41) is 8.41. The second kappa shape index (κ2) is 6.33. The van der Waals surface area contributed by atoms with Gasteiger partial charge in [0.2, 0.25) is 0 Å². The van der Waals surface area contributed by atoms with E-state index in [0.29, 0.717) is 24.3 Å². The van der Waals surface area contributed by atoms with Gasteiger partial charge in [-0.2, -0.15) is 5.26 Å². The van der Waals surface area contributed by atoms with E-state index in [0.717, 1.165) is 5.56 Å². The Bertz CT molecular complexity index is 473. The highest BCUT2D eigenvalue weighted by atomic mass is 16.5. The summed E-state index contributed by atoms with van der Waals surface area (Å²) in [6.45, 7) is 2.05. The molecule has 0 atom stereocenters. The van der Waals surface area contributed by atoms with Gasteiger partial charge in [-0.25, -0.2) is 4.79 Å². The van der Waals surface area contributed by atoms with Gasteiger partial charge in [0.25, 0.3) is 0 Å². The molecule has 0 bridgehead atoms. The van der Waals surface area contributed by atoms with E-state index in [2.05, 4.69) is 0 Å². The van der Waals surface area contributed by atoms with Gasteiger partial charge in [0.15, 0.2) is 0 Å². The zero-order valence-electron chi connectivity index (χ0n) is 9.64. The minimum absolute atomic E-state index is 0.312. The molecule has 1 rings (SSSR count). The molecule has 1 aromatic carbocycles. The summed E-state index contributed by atoms with van der Waals surface area (Å²) < 4.78 is 4.89. The second-order valence-corrected chi connectivity index (χ2v) is 3.33. The Morgan fingerprint density at radius 2 is 2.35 bits per heavy atom. The molecule has 2 N–H and O–H groups in total. The molecule has 0 heterocycles. The number of nitrogens with zero attached hydrogens (tertiary/aromatic N) is 1. The van der Waals surface area contributed by atoms with Gasteiger partial charge in [0.05, 0.1) is 24.7 Å². The smallest absolute Gasteiger partial charge is 0.340 e. The van der Waals surface area contributed by atoms with Crippen molar-refractivity contribution >= 4 is 17.7 Å². The summed E-state index contributed by atoms with van der Waals surface area (Å²) in [7, 11) is 0. The standard InChI is InChI=1S/C13H14N2O2/c1-2-17-13(16)11-9-10(5-3-4-8-14)6-7-12(11)15/h3,5-7,9H,2,4,15H2,1H3. The average molecular weight is 230 g/mol. The van der Waals surface area contributed by atoms with Crippen LogP contribution in [0.2, 0.25) is 0 Å². The van der Waals surface area contributed by atoms with Crippen LogP contribution in [-0.2, 0) is 4.74 Å². The number of allylic oxidation sites excluding steroid dienone is 1. The van der Waals surface area contributed by atoms with Crippen molar-refractivity contribution in [3.8, 4) is 6.07 Å². The Hall–Kier alpha value is -2.28. The van der Waals surface area contributed by atoms with E-state index >= 15 is 0 Å². The van der Waals surface area contributed by atoms with Crippen molar-refractivity contribution < 1.29 is 9.53 Å². The molecule has 0 radical (unpaired) electrons. The number of carbonyl (C=O) groups excluding carboxylic acids is 1. The second-order valence-electron chi connectivity index (χ2n) is 3.33. The highest BCUT2D eigenvalue weighted by Crippen LogP contribution is 2.16. The lowest BCUT2D eigenvalue weighted by Crippen LogP contribution is -2.08. The maximum atomic E-state index is 11.6. The van der Waals surface area contributed by atoms with Crippen LogP contribution in [0.4, 0.5) is 5.69 Å². The third-order valence-corrected chi connectivity index (χ3v) is 2.09. The van der Waals surface area contributed by atoms with Crippen LogP contribution in [0.3, 0.4) is 0 Å². The van der Waals surface area contributed by atoms with Crippen molar-refractivity contribution in [3.05, 3.63) is 35.4 Å². The minimum Gasteiger partial charge on any atom is -0.462 e. The Kier molecular flexibility index (Phi) is 4.77. The molecule has 0 aliphatic heterocycles. The number of nitriles is 1. The number of hydrogen-bond donors (Lipinski definition) is 1. The maximum Gasteiger partial charge on any atom is 0.340 e. The molecule has 0 fully saturated rings. The van der Waals surface area contributed by atoms with Crippen LogP contribution in [0.5, 0.6) is 0 Å². The first-order valence-electron chi connectivity index (χ1n) is 5.29. The van der Waals surface area contributed by atoms with Gasteiger partial charge in [0.1, 0.15) is 0 Å². The molecular formula is C13H14N2O2. The molecule has 0 amide bonds. The van der Waals surface area contributed by atoms with Crippen molar-refractivity contribution in [1.29, 1.82) is 5.26 Å². The van der Waals surface area contributed by atoms with E-state index in [1.807, 2.05) is 6.07 Å². The summed E-state index contributed by atoms with van der Waals surface area (Å²) in [4.78, 5) is 11.6. The molecule has 88 valence electrons. The lowest BCUT2D eigenvalue weighted by molar-refractivity contribution is 0.0527. The molecule has 0 aliphatic rings. The third kappa shape index (κ3) is 3.65. The van der Waals surface area contributed by atoms with Crippen molar-refractivity contribution in [2.24, 2.45) is 0 Å². The van der Waals surface area contributed by atoms with Gasteiger partial charge in [-0.3, -0.25) is 0 Å². The molecule has 0 aliphatic carbocycles. The fourth-order valence-corrected chi connectivity index (χ4v) is 1.31. The molecule has 17 heavy (non-hydrogen) atoms. The van der Waals surface area contributed by atoms with E-state index in [1.54, 1.807) is 37.3 Å². The lowest BCUT2D eigenvalue weighted by atomic mass is 10.1. The maximum absolute atomic E-state index is 11.6. The van der Waals surface area contributed by atoms with Crippen LogP contribution in [0.25, 0.3) is 6.08 Å². The Labute approximate surface area is 100 Å². The number of esters is 1. The van der Waals surface area contributed by atoms with Crippen LogP contribution in [0.1, 0.15) is 29.3 Å². The monoisotopic (exact) mass is 230 g/mol. The number of rotatable bonds is 4. The van der Waals surface area contributed by atoms with E-state index in [1.165, 1.54) is 0 Å². The van der Waals surface area contributed by atoms with Crippen molar-refractivity contribution in [1.82, 2.24) is 0 Å². The van der Waals surface area contributed by atoms with Crippen LogP contribution in [0.15, 0.2) is 24.3 Å². The topological polar surface area (TPSA) is 76.1 Å². The predicted molar refractivity (Wildman–Crippen MR) is 66.1 cm³/mol. The van der Waals surface area contributed by atoms with E-state index in [-0.39, 0.29) is 0 Å². The predicted octanol–water partition coefficient (Wildman–Crippen LogP) is 2.37. The normalized spacial score (nSPS) is 10.1. The number of nitrogen functional groups attached to an aromatic ring is 1. The highest BCUT2D eigenvalue weighted by Gasteiger charge is 2.10. The molecule has 0 aromatic heterocycles. The number of hydrogen-bond acceptors (Lipinski definition) is 4. The Morgan fingerprint density at radius 1 is 1.59 bits per heavy atom. The molecule has 4 nitrogen and oxygen atoms in total. The van der Waals surface area contributed by atoms with E-state index in [9.17, 15) is 4.79 Å². The molecular weight excluding hydrogens is 216 g/mol. The van der Waals surface area contributed by atoms with Gasteiger partial charge < -0.3 is 10.5 Å². The summed E-state index contributed by atoms with van der Waals surface area (Å²) in [5.41, 5.74) is 7.26. The quantitative estimate of drug-likeness (QED) is 0.636. The summed E-state index contributed by atoms with van der Waals surface area (Å²) in [6.07, 6.45) is 3.82. The number of carbonyl (C=O) groups is 1. The summed E-state index contributed by atoms with van der Waals surface area (Å²) in [5.74, 6) is -0.430. The van der Waals surface area contributed by atoms with Gasteiger partial charge in [-0.1, -0.05) is 18.2 Å². The largest absolute Gasteiger partial charge is 0.462 e. The lowest BCUT2D eigenvalue weighted by Gasteiger charge is -2.06. The first-order valence-corrected chi connectivity index (χ1v) is 5.29. The first-order chi connectivity index (χ1) is 8.19. The van der Waals surface area contributed by atoms with Crippen LogP contribution in [-0.4, -0.2) is 12.6 Å². The van der Waals surface area contributed by atoms with Crippen LogP contribution >= 0.6 is 0 Å². The van der Waals surface area contributed by atoms with Crippen LogP contribution in [0, 0.1) is 11.3 Å². The average Bonchev–Trinajstić information content (AvgIpc) is 2.32. The molecule has 0 spiro atoms. The fourth-order valence-electron chi connectivity index (χ4n) is 1.31. The molecule has 4 heteroatoms. The van der Waals surface area contributed by atoms with Crippen molar-refractivity contribution in [3.63, 3.8) is 0 Å². The van der Waals surface area contributed by atoms with Gasteiger partial charge >= 0.3 is 5.97 Å². The fraction of sp³-hybridized carbons (Fsp3) is 0.231. The number of benzene rings is 1. The molecule has 0 saturated heterocycles. The molecule has 0 unspecified atom stereocenters. The van der Waals surface area contributed by atoms with E-state index in [4.69, 9.17) is 15.7 Å². The highest BCUT2D eigenvalue weighted by molar-refractivity contribution is 5.95. The van der Waals surface area contributed by atoms with Gasteiger partial charge in [0, 0.05) is 5.69 Å². The van der Waals surface area contributed by atoms with Crippen molar-refractivity contribution in [2.45, 2.75) is 13.3 Å². The summed E-state index contributed by atoms with van der Waals surface area (Å²) >= 11 is 0. The van der Waals surface area contributed by atoms with Crippen molar-refractivity contribution in [2.75, 3.05) is 12.3 Å². The summed E-state index contributed by atoms with van der Waals surface area (Å²) in [6, 6.07) is 7.09. The third-order valence-electron chi connectivity index (χ3n) is 2.09. The van der Waals surface area contributed by atoms with Crippen LogP contribution < -0.4 is 5.73 Å². The zero-order valence-corrected chi connectivity index (χ0v) is 9.64.